The van der Waals surface area contributed by atoms with E-state index >= 15 is 0 Å². The molecule has 0 spiro atoms. The summed E-state index contributed by atoms with van der Waals surface area (Å²) in [5.41, 5.74) is 2.09. The second-order valence-corrected chi connectivity index (χ2v) is 7.12. The van der Waals surface area contributed by atoms with E-state index in [4.69, 9.17) is 9.47 Å². The first-order chi connectivity index (χ1) is 16.2. The molecule has 1 amide bonds. The van der Waals surface area contributed by atoms with Gasteiger partial charge in [-0.15, -0.1) is 0 Å². The van der Waals surface area contributed by atoms with E-state index in [-0.39, 0.29) is 5.56 Å². The first kappa shape index (κ1) is 21.8. The lowest BCUT2D eigenvalue weighted by Crippen LogP contribution is -2.26. The smallest absolute Gasteiger partial charge is 0.342 e. The molecule has 4 rings (SSSR count). The lowest BCUT2D eigenvalue weighted by Gasteiger charge is -2.19. The Morgan fingerprint density at radius 3 is 2.33 bits per heavy atom. The maximum absolute atomic E-state index is 13.2. The fourth-order valence-corrected chi connectivity index (χ4v) is 3.28. The number of amides is 1. The summed E-state index contributed by atoms with van der Waals surface area (Å²) in [6.07, 6.45) is 1.83. The fraction of sp³-hybridized carbons (Fsp3) is 0.115. The molecule has 1 aromatic heterocycles. The van der Waals surface area contributed by atoms with E-state index in [1.807, 2.05) is 49.4 Å². The van der Waals surface area contributed by atoms with Crippen molar-refractivity contribution < 1.29 is 19.1 Å². The summed E-state index contributed by atoms with van der Waals surface area (Å²) in [6, 6.07) is 25.4. The van der Waals surface area contributed by atoms with Crippen LogP contribution in [0.4, 0.5) is 5.69 Å². The Kier molecular flexibility index (Phi) is 6.80. The molecular weight excluding hydrogens is 418 g/mol. The van der Waals surface area contributed by atoms with E-state index < -0.39 is 18.0 Å². The molecule has 0 aliphatic rings. The van der Waals surface area contributed by atoms with Crippen molar-refractivity contribution in [3.05, 3.63) is 108 Å². The second kappa shape index (κ2) is 10.3. The minimum atomic E-state index is -1.16. The Bertz CT molecular complexity index is 1220. The standard InChI is InChI=1S/C26H23N3O4/c1-2-32-23-16-10-9-15-22(23)28-25(30)24(19-11-5-3-6-12-19)33-26(31)20-17-27-29(18-20)21-13-7-4-8-14-21/h3-18,24H,2H2,1H3,(H,28,30). The Balaban J connectivity index is 1.56. The van der Waals surface area contributed by atoms with Crippen LogP contribution in [0.15, 0.2) is 97.3 Å². The van der Waals surface area contributed by atoms with E-state index in [0.717, 1.165) is 5.69 Å². The highest BCUT2D eigenvalue weighted by Gasteiger charge is 2.27. The van der Waals surface area contributed by atoms with Crippen LogP contribution >= 0.6 is 0 Å². The molecule has 1 unspecified atom stereocenters. The van der Waals surface area contributed by atoms with E-state index in [1.165, 1.54) is 6.20 Å². The number of carbonyl (C=O) groups is 2. The van der Waals surface area contributed by atoms with Crippen molar-refractivity contribution in [2.24, 2.45) is 0 Å². The van der Waals surface area contributed by atoms with E-state index in [2.05, 4.69) is 10.4 Å². The lowest BCUT2D eigenvalue weighted by molar-refractivity contribution is -0.125. The molecule has 0 bridgehead atoms. The first-order valence-corrected chi connectivity index (χ1v) is 10.5. The van der Waals surface area contributed by atoms with Crippen molar-refractivity contribution in [1.29, 1.82) is 0 Å². The molecule has 1 atom stereocenters. The third-order valence-corrected chi connectivity index (χ3v) is 4.85. The van der Waals surface area contributed by atoms with Crippen LogP contribution in [0.25, 0.3) is 5.69 Å². The topological polar surface area (TPSA) is 82.4 Å². The van der Waals surface area contributed by atoms with Gasteiger partial charge in [-0.05, 0) is 31.2 Å². The highest BCUT2D eigenvalue weighted by atomic mass is 16.5. The highest BCUT2D eigenvalue weighted by Crippen LogP contribution is 2.27. The van der Waals surface area contributed by atoms with E-state index in [9.17, 15) is 9.59 Å². The number of para-hydroxylation sites is 3. The quantitative estimate of drug-likeness (QED) is 0.397. The number of rotatable bonds is 8. The average Bonchev–Trinajstić information content (AvgIpc) is 3.35. The van der Waals surface area contributed by atoms with Crippen molar-refractivity contribution in [3.63, 3.8) is 0 Å². The van der Waals surface area contributed by atoms with Crippen molar-refractivity contribution in [2.45, 2.75) is 13.0 Å². The van der Waals surface area contributed by atoms with Crippen molar-refractivity contribution in [2.75, 3.05) is 11.9 Å². The van der Waals surface area contributed by atoms with E-state index in [0.29, 0.717) is 23.6 Å². The summed E-state index contributed by atoms with van der Waals surface area (Å²) >= 11 is 0. The highest BCUT2D eigenvalue weighted by molar-refractivity contribution is 5.98. The van der Waals surface area contributed by atoms with Crippen molar-refractivity contribution in [3.8, 4) is 11.4 Å². The van der Waals surface area contributed by atoms with Crippen LogP contribution in [0.5, 0.6) is 5.75 Å². The van der Waals surface area contributed by atoms with Crippen LogP contribution in [0, 0.1) is 0 Å². The molecule has 0 fully saturated rings. The van der Waals surface area contributed by atoms with Gasteiger partial charge >= 0.3 is 5.97 Å². The second-order valence-electron chi connectivity index (χ2n) is 7.12. The Hall–Kier alpha value is -4.39. The number of benzene rings is 3. The Morgan fingerprint density at radius 2 is 1.61 bits per heavy atom. The molecule has 4 aromatic rings. The van der Waals surface area contributed by atoms with Gasteiger partial charge in [-0.2, -0.15) is 5.10 Å². The molecular formula is C26H23N3O4. The van der Waals surface area contributed by atoms with Gasteiger partial charge < -0.3 is 14.8 Å². The number of aromatic nitrogens is 2. The molecule has 0 aliphatic heterocycles. The molecule has 3 aromatic carbocycles. The summed E-state index contributed by atoms with van der Waals surface area (Å²) < 4.78 is 12.8. The molecule has 0 saturated heterocycles. The molecule has 166 valence electrons. The predicted molar refractivity (Wildman–Crippen MR) is 124 cm³/mol. The average molecular weight is 441 g/mol. The van der Waals surface area contributed by atoms with Gasteiger partial charge in [0.2, 0.25) is 6.10 Å². The number of carbonyl (C=O) groups excluding carboxylic acids is 2. The first-order valence-electron chi connectivity index (χ1n) is 10.5. The third-order valence-electron chi connectivity index (χ3n) is 4.85. The Labute approximate surface area is 191 Å². The Morgan fingerprint density at radius 1 is 0.939 bits per heavy atom. The molecule has 0 aliphatic carbocycles. The maximum atomic E-state index is 13.2. The van der Waals surface area contributed by atoms with Gasteiger partial charge in [0.15, 0.2) is 0 Å². The molecule has 7 nitrogen and oxygen atoms in total. The molecule has 7 heteroatoms. The molecule has 1 heterocycles. The van der Waals surface area contributed by atoms with Gasteiger partial charge in [0.05, 0.1) is 29.7 Å². The molecule has 0 saturated carbocycles. The summed E-state index contributed by atoms with van der Waals surface area (Å²) in [5.74, 6) is -0.605. The fourth-order valence-electron chi connectivity index (χ4n) is 3.28. The number of esters is 1. The van der Waals surface area contributed by atoms with Crippen LogP contribution in [-0.4, -0.2) is 28.3 Å². The zero-order chi connectivity index (χ0) is 23.0. The number of nitrogens with one attached hydrogen (secondary N) is 1. The van der Waals surface area contributed by atoms with Crippen LogP contribution in [0.3, 0.4) is 0 Å². The number of nitrogens with zero attached hydrogens (tertiary/aromatic N) is 2. The van der Waals surface area contributed by atoms with Crippen LogP contribution in [-0.2, 0) is 9.53 Å². The minimum Gasteiger partial charge on any atom is -0.492 e. The predicted octanol–water partition coefficient (Wildman–Crippen LogP) is 4.81. The van der Waals surface area contributed by atoms with Gasteiger partial charge in [-0.1, -0.05) is 60.7 Å². The third kappa shape index (κ3) is 5.27. The van der Waals surface area contributed by atoms with E-state index in [1.54, 1.807) is 53.3 Å². The monoisotopic (exact) mass is 441 g/mol. The molecule has 1 N–H and O–H groups in total. The summed E-state index contributed by atoms with van der Waals surface area (Å²) in [5, 5.41) is 7.05. The van der Waals surface area contributed by atoms with Crippen molar-refractivity contribution >= 4 is 17.6 Å². The molecule has 33 heavy (non-hydrogen) atoms. The summed E-state index contributed by atoms with van der Waals surface area (Å²) in [7, 11) is 0. The maximum Gasteiger partial charge on any atom is 0.342 e. The lowest BCUT2D eigenvalue weighted by atomic mass is 10.1. The largest absolute Gasteiger partial charge is 0.492 e. The van der Waals surface area contributed by atoms with Gasteiger partial charge in [0, 0.05) is 11.8 Å². The van der Waals surface area contributed by atoms with Gasteiger partial charge in [-0.3, -0.25) is 4.79 Å². The van der Waals surface area contributed by atoms with Crippen LogP contribution < -0.4 is 10.1 Å². The van der Waals surface area contributed by atoms with Gasteiger partial charge in [-0.25, -0.2) is 9.48 Å². The SMILES string of the molecule is CCOc1ccccc1NC(=O)C(OC(=O)c1cnn(-c2ccccc2)c1)c1ccccc1. The zero-order valence-corrected chi connectivity index (χ0v) is 18.0. The van der Waals surface area contributed by atoms with Gasteiger partial charge in [0.1, 0.15) is 5.75 Å². The van der Waals surface area contributed by atoms with Crippen LogP contribution in [0.2, 0.25) is 0 Å². The number of hydrogen-bond acceptors (Lipinski definition) is 5. The van der Waals surface area contributed by atoms with Gasteiger partial charge in [0.25, 0.3) is 5.91 Å². The van der Waals surface area contributed by atoms with Crippen LogP contribution in [0.1, 0.15) is 28.9 Å². The zero-order valence-electron chi connectivity index (χ0n) is 18.0. The number of anilines is 1. The summed E-state index contributed by atoms with van der Waals surface area (Å²) in [6.45, 7) is 2.32. The van der Waals surface area contributed by atoms with Crippen molar-refractivity contribution in [1.82, 2.24) is 9.78 Å². The molecule has 0 radical (unpaired) electrons. The normalized spacial score (nSPS) is 11.4. The summed E-state index contributed by atoms with van der Waals surface area (Å²) in [4.78, 5) is 26.1. The number of hydrogen-bond donors (Lipinski definition) is 1. The minimum absolute atomic E-state index is 0.238. The number of ether oxygens (including phenoxy) is 2.